The summed E-state index contributed by atoms with van der Waals surface area (Å²) in [5, 5.41) is 0. The molecule has 2 saturated carbocycles. The van der Waals surface area contributed by atoms with E-state index in [4.69, 9.17) is 5.73 Å². The van der Waals surface area contributed by atoms with Gasteiger partial charge in [0.1, 0.15) is 0 Å². The van der Waals surface area contributed by atoms with Crippen LogP contribution in [0.4, 0.5) is 0 Å². The zero-order valence-corrected chi connectivity index (χ0v) is 6.36. The number of nitrogens with two attached hydrogens (primary N) is 1. The van der Waals surface area contributed by atoms with Gasteiger partial charge in [0.15, 0.2) is 0 Å². The Kier molecular flexibility index (Phi) is 2.02. The second-order valence-electron chi connectivity index (χ2n) is 3.34. The predicted molar refractivity (Wildman–Crippen MR) is 40.7 cm³/mol. The molecule has 2 aliphatic carbocycles. The summed E-state index contributed by atoms with van der Waals surface area (Å²) in [5.41, 5.74) is 5.82. The molecule has 0 aliphatic heterocycles. The summed E-state index contributed by atoms with van der Waals surface area (Å²) in [7, 11) is 0. The molecule has 2 bridgehead atoms. The Bertz CT molecular complexity index is 103. The van der Waals surface area contributed by atoms with E-state index < -0.39 is 0 Å². The Labute approximate surface area is 62.4 Å². The van der Waals surface area contributed by atoms with E-state index in [0.717, 1.165) is 11.8 Å². The quantitative estimate of drug-likeness (QED) is 0.553. The number of hydrogen-bond acceptors (Lipinski definition) is 1. The van der Waals surface area contributed by atoms with Crippen LogP contribution in [-0.2, 0) is 0 Å². The Morgan fingerprint density at radius 1 is 1.11 bits per heavy atom. The molecule has 0 aromatic heterocycles. The van der Waals surface area contributed by atoms with Gasteiger partial charge in [-0.05, 0) is 31.1 Å². The average molecular weight is 148 g/mol. The third-order valence-electron chi connectivity index (χ3n) is 2.79. The van der Waals surface area contributed by atoms with Gasteiger partial charge in [0, 0.05) is 6.04 Å². The van der Waals surface area contributed by atoms with Gasteiger partial charge in [0.05, 0.1) is 0 Å². The van der Waals surface area contributed by atoms with Crippen LogP contribution in [0, 0.1) is 11.8 Å². The molecule has 9 heavy (non-hydrogen) atoms. The number of rotatable bonds is 0. The fraction of sp³-hybridized carbons (Fsp3) is 1.00. The molecule has 2 heteroatoms. The minimum Gasteiger partial charge on any atom is -0.327 e. The molecule has 0 saturated heterocycles. The Hall–Kier alpha value is 0.250. The molecular weight excluding hydrogens is 134 g/mol. The molecule has 3 atom stereocenters. The minimum absolute atomic E-state index is 0. The van der Waals surface area contributed by atoms with E-state index in [9.17, 15) is 0 Å². The fourth-order valence-electron chi connectivity index (χ4n) is 2.29. The molecule has 2 rings (SSSR count). The first-order chi connectivity index (χ1) is 3.86. The van der Waals surface area contributed by atoms with Crippen LogP contribution in [0.15, 0.2) is 0 Å². The van der Waals surface area contributed by atoms with Crippen molar-refractivity contribution in [2.75, 3.05) is 0 Å². The maximum absolute atomic E-state index is 5.82. The molecule has 0 aromatic carbocycles. The zero-order chi connectivity index (χ0) is 5.56. The van der Waals surface area contributed by atoms with Crippen LogP contribution in [-0.4, -0.2) is 6.04 Å². The molecule has 0 unspecified atom stereocenters. The molecule has 0 aromatic rings. The Morgan fingerprint density at radius 2 is 1.89 bits per heavy atom. The van der Waals surface area contributed by atoms with Gasteiger partial charge < -0.3 is 5.73 Å². The van der Waals surface area contributed by atoms with Crippen LogP contribution in [0.1, 0.15) is 25.7 Å². The highest BCUT2D eigenvalue weighted by molar-refractivity contribution is 5.85. The molecule has 54 valence electrons. The molecule has 2 fully saturated rings. The highest BCUT2D eigenvalue weighted by atomic mass is 35.5. The lowest BCUT2D eigenvalue weighted by atomic mass is 9.96. The molecule has 0 radical (unpaired) electrons. The van der Waals surface area contributed by atoms with Crippen molar-refractivity contribution in [1.29, 1.82) is 0 Å². The van der Waals surface area contributed by atoms with E-state index in [0.29, 0.717) is 6.04 Å². The first kappa shape index (κ1) is 7.36. The largest absolute Gasteiger partial charge is 0.327 e. The summed E-state index contributed by atoms with van der Waals surface area (Å²) in [6, 6.07) is 0.578. The maximum Gasteiger partial charge on any atom is 0.00699 e. The maximum atomic E-state index is 5.82. The third-order valence-corrected chi connectivity index (χ3v) is 2.79. The summed E-state index contributed by atoms with van der Waals surface area (Å²) >= 11 is 0. The van der Waals surface area contributed by atoms with Crippen molar-refractivity contribution in [2.45, 2.75) is 31.7 Å². The highest BCUT2D eigenvalue weighted by Gasteiger charge is 2.36. The molecule has 0 heterocycles. The monoisotopic (exact) mass is 147 g/mol. The van der Waals surface area contributed by atoms with E-state index >= 15 is 0 Å². The van der Waals surface area contributed by atoms with Crippen molar-refractivity contribution in [3.05, 3.63) is 0 Å². The van der Waals surface area contributed by atoms with Crippen LogP contribution in [0.25, 0.3) is 0 Å². The van der Waals surface area contributed by atoms with E-state index in [1.807, 2.05) is 0 Å². The number of halogens is 1. The zero-order valence-electron chi connectivity index (χ0n) is 5.55. The van der Waals surface area contributed by atoms with Crippen LogP contribution in [0.3, 0.4) is 0 Å². The van der Waals surface area contributed by atoms with E-state index in [1.54, 1.807) is 0 Å². The van der Waals surface area contributed by atoms with Crippen LogP contribution in [0.2, 0.25) is 0 Å². The van der Waals surface area contributed by atoms with Crippen molar-refractivity contribution < 1.29 is 0 Å². The van der Waals surface area contributed by atoms with Gasteiger partial charge in [-0.1, -0.05) is 6.42 Å². The molecule has 2 N–H and O–H groups in total. The van der Waals surface area contributed by atoms with Gasteiger partial charge in [-0.15, -0.1) is 12.4 Å². The summed E-state index contributed by atoms with van der Waals surface area (Å²) in [4.78, 5) is 0. The lowest BCUT2D eigenvalue weighted by molar-refractivity contribution is 0.418. The van der Waals surface area contributed by atoms with Crippen molar-refractivity contribution in [3.63, 3.8) is 0 Å². The van der Waals surface area contributed by atoms with Crippen molar-refractivity contribution in [3.8, 4) is 0 Å². The topological polar surface area (TPSA) is 26.0 Å². The van der Waals surface area contributed by atoms with E-state index in [2.05, 4.69) is 0 Å². The fourth-order valence-corrected chi connectivity index (χ4v) is 2.29. The van der Waals surface area contributed by atoms with Crippen molar-refractivity contribution in [1.82, 2.24) is 0 Å². The van der Waals surface area contributed by atoms with Crippen LogP contribution >= 0.6 is 12.4 Å². The smallest absolute Gasteiger partial charge is 0.00699 e. The minimum atomic E-state index is 0. The van der Waals surface area contributed by atoms with Crippen molar-refractivity contribution in [2.24, 2.45) is 17.6 Å². The second-order valence-corrected chi connectivity index (χ2v) is 3.34. The average Bonchev–Trinajstić information content (AvgIpc) is 2.23. The van der Waals surface area contributed by atoms with E-state index in [-0.39, 0.29) is 12.4 Å². The lowest BCUT2D eigenvalue weighted by Gasteiger charge is -2.15. The van der Waals surface area contributed by atoms with Gasteiger partial charge in [-0.3, -0.25) is 0 Å². The first-order valence-corrected chi connectivity index (χ1v) is 3.62. The standard InChI is InChI=1S/C7H13N.ClH/c8-7-4-5-1-2-6(7)3-5;/h5-7H,1-4,8H2;1H/t5-,6-,7+;/m0./s1. The van der Waals surface area contributed by atoms with Gasteiger partial charge in [-0.25, -0.2) is 0 Å². The van der Waals surface area contributed by atoms with Gasteiger partial charge in [0.2, 0.25) is 0 Å². The molecule has 0 spiro atoms. The first-order valence-electron chi connectivity index (χ1n) is 3.62. The summed E-state index contributed by atoms with van der Waals surface area (Å²) in [6.07, 6.45) is 5.66. The lowest BCUT2D eigenvalue weighted by Crippen LogP contribution is -2.26. The van der Waals surface area contributed by atoms with Crippen molar-refractivity contribution >= 4 is 12.4 Å². The summed E-state index contributed by atoms with van der Waals surface area (Å²) < 4.78 is 0. The molecule has 1 nitrogen and oxygen atoms in total. The van der Waals surface area contributed by atoms with E-state index in [1.165, 1.54) is 25.7 Å². The SMILES string of the molecule is Cl.N[C@@H]1C[C@H]2CC[C@H]1C2. The Morgan fingerprint density at radius 3 is 2.11 bits per heavy atom. The second kappa shape index (κ2) is 2.47. The predicted octanol–water partition coefficient (Wildman–Crippen LogP) is 1.56. The van der Waals surface area contributed by atoms with Gasteiger partial charge >= 0.3 is 0 Å². The highest BCUT2D eigenvalue weighted by Crippen LogP contribution is 2.43. The van der Waals surface area contributed by atoms with Gasteiger partial charge in [0.25, 0.3) is 0 Å². The molecule has 0 amide bonds. The van der Waals surface area contributed by atoms with Crippen LogP contribution < -0.4 is 5.73 Å². The number of fused-ring (bicyclic) bond motifs is 2. The normalized spacial score (nSPS) is 47.0. The van der Waals surface area contributed by atoms with Gasteiger partial charge in [-0.2, -0.15) is 0 Å². The summed E-state index contributed by atoms with van der Waals surface area (Å²) in [6.45, 7) is 0. The third kappa shape index (κ3) is 1.08. The summed E-state index contributed by atoms with van der Waals surface area (Å²) in [5.74, 6) is 1.94. The molecular formula is C7H14ClN. The molecule has 2 aliphatic rings. The Balaban J connectivity index is 0.000000405. The van der Waals surface area contributed by atoms with Crippen LogP contribution in [0.5, 0.6) is 0 Å². The number of hydrogen-bond donors (Lipinski definition) is 1.